The lowest BCUT2D eigenvalue weighted by Gasteiger charge is -2.27. The molecule has 1 unspecified atom stereocenters. The average molecular weight is 367 g/mol. The van der Waals surface area contributed by atoms with E-state index < -0.39 is 0 Å². The topological polar surface area (TPSA) is 52.0 Å². The predicted molar refractivity (Wildman–Crippen MR) is 118 cm³/mol. The van der Waals surface area contributed by atoms with E-state index in [0.29, 0.717) is 13.1 Å². The fourth-order valence-corrected chi connectivity index (χ4v) is 4.14. The van der Waals surface area contributed by atoms with Crippen LogP contribution < -0.4 is 11.5 Å². The molecule has 140 valence electrons. The van der Waals surface area contributed by atoms with Gasteiger partial charge in [-0.1, -0.05) is 97.1 Å². The largest absolute Gasteiger partial charge is 0.326 e. The maximum Gasteiger partial charge on any atom is 0.0193 e. The molecule has 1 aliphatic rings. The molecule has 0 spiro atoms. The maximum absolute atomic E-state index is 5.93. The van der Waals surface area contributed by atoms with Crippen molar-refractivity contribution in [1.29, 1.82) is 0 Å². The van der Waals surface area contributed by atoms with Gasteiger partial charge in [-0.15, -0.1) is 0 Å². The van der Waals surface area contributed by atoms with Gasteiger partial charge in [0.1, 0.15) is 0 Å². The molecule has 1 atom stereocenters. The third-order valence-corrected chi connectivity index (χ3v) is 5.51. The van der Waals surface area contributed by atoms with Gasteiger partial charge in [0.15, 0.2) is 0 Å². The van der Waals surface area contributed by atoms with Crippen molar-refractivity contribution in [2.24, 2.45) is 17.4 Å². The van der Waals surface area contributed by atoms with Crippen molar-refractivity contribution in [3.8, 4) is 0 Å². The highest BCUT2D eigenvalue weighted by Gasteiger charge is 2.29. The number of hydrogen-bond donors (Lipinski definition) is 2. The fourth-order valence-electron chi connectivity index (χ4n) is 4.14. The Morgan fingerprint density at radius 1 is 0.714 bits per heavy atom. The minimum absolute atomic E-state index is 0.211. The SMILES string of the molecule is NCc1cccc(C(c2cccc(CN)c2)C2C=CC=C2c2ccccc2)c1. The van der Waals surface area contributed by atoms with Crippen LogP contribution in [0.3, 0.4) is 0 Å². The number of allylic oxidation sites excluding steroid dienone is 4. The molecule has 3 aromatic rings. The molecule has 28 heavy (non-hydrogen) atoms. The van der Waals surface area contributed by atoms with Crippen LogP contribution in [0.2, 0.25) is 0 Å². The first-order valence-corrected chi connectivity index (χ1v) is 9.82. The minimum Gasteiger partial charge on any atom is -0.326 e. The van der Waals surface area contributed by atoms with E-state index in [1.165, 1.54) is 22.3 Å². The Balaban J connectivity index is 1.83. The lowest BCUT2D eigenvalue weighted by atomic mass is 9.76. The summed E-state index contributed by atoms with van der Waals surface area (Å²) in [6.07, 6.45) is 6.74. The molecule has 4 rings (SSSR count). The Morgan fingerprint density at radius 2 is 1.32 bits per heavy atom. The van der Waals surface area contributed by atoms with Crippen molar-refractivity contribution in [2.45, 2.75) is 19.0 Å². The molecule has 0 saturated carbocycles. The standard InChI is InChI=1S/C26H26N2/c27-17-19-7-4-11-22(15-19)26(23-12-5-8-20(16-23)18-28)25-14-6-13-24(25)21-9-2-1-3-10-21/h1-16,25-26H,17-18,27-28H2. The van der Waals surface area contributed by atoms with Gasteiger partial charge in [0, 0.05) is 24.9 Å². The van der Waals surface area contributed by atoms with E-state index >= 15 is 0 Å². The van der Waals surface area contributed by atoms with Crippen LogP contribution in [-0.2, 0) is 13.1 Å². The van der Waals surface area contributed by atoms with Crippen LogP contribution in [0.4, 0.5) is 0 Å². The second kappa shape index (κ2) is 8.39. The van der Waals surface area contributed by atoms with Crippen molar-refractivity contribution in [2.75, 3.05) is 0 Å². The van der Waals surface area contributed by atoms with E-state index in [9.17, 15) is 0 Å². The molecule has 0 aliphatic heterocycles. The van der Waals surface area contributed by atoms with Gasteiger partial charge in [0.25, 0.3) is 0 Å². The summed E-state index contributed by atoms with van der Waals surface area (Å²) in [4.78, 5) is 0. The van der Waals surface area contributed by atoms with Gasteiger partial charge in [0.2, 0.25) is 0 Å². The molecular weight excluding hydrogens is 340 g/mol. The van der Waals surface area contributed by atoms with Gasteiger partial charge >= 0.3 is 0 Å². The highest BCUT2D eigenvalue weighted by molar-refractivity contribution is 5.74. The fraction of sp³-hybridized carbons (Fsp3) is 0.154. The van der Waals surface area contributed by atoms with E-state index in [4.69, 9.17) is 11.5 Å². The quantitative estimate of drug-likeness (QED) is 0.644. The Bertz CT molecular complexity index is 954. The second-order valence-electron chi connectivity index (χ2n) is 7.27. The summed E-state index contributed by atoms with van der Waals surface area (Å²) >= 11 is 0. The van der Waals surface area contributed by atoms with Gasteiger partial charge in [0.05, 0.1) is 0 Å². The van der Waals surface area contributed by atoms with Gasteiger partial charge in [-0.25, -0.2) is 0 Å². The zero-order valence-electron chi connectivity index (χ0n) is 16.0. The monoisotopic (exact) mass is 366 g/mol. The summed E-state index contributed by atoms with van der Waals surface area (Å²) < 4.78 is 0. The van der Waals surface area contributed by atoms with E-state index in [0.717, 1.165) is 11.1 Å². The summed E-state index contributed by atoms with van der Waals surface area (Å²) in [6.45, 7) is 1.09. The van der Waals surface area contributed by atoms with Crippen molar-refractivity contribution >= 4 is 5.57 Å². The third-order valence-electron chi connectivity index (χ3n) is 5.51. The first kappa shape index (κ1) is 18.4. The molecule has 0 bridgehead atoms. The molecule has 0 saturated heterocycles. The zero-order valence-corrected chi connectivity index (χ0v) is 16.0. The smallest absolute Gasteiger partial charge is 0.0193 e. The summed E-state index contributed by atoms with van der Waals surface area (Å²) in [5, 5.41) is 0. The number of rotatable bonds is 6. The molecule has 4 N–H and O–H groups in total. The Kier molecular flexibility index (Phi) is 5.52. The molecule has 0 fully saturated rings. The van der Waals surface area contributed by atoms with Crippen LogP contribution >= 0.6 is 0 Å². The molecular formula is C26H26N2. The van der Waals surface area contributed by atoms with Crippen molar-refractivity contribution in [3.05, 3.63) is 125 Å². The van der Waals surface area contributed by atoms with Crippen LogP contribution in [0.25, 0.3) is 5.57 Å². The van der Waals surface area contributed by atoms with E-state index in [1.54, 1.807) is 0 Å². The lowest BCUT2D eigenvalue weighted by Crippen LogP contribution is -2.14. The number of nitrogens with two attached hydrogens (primary N) is 2. The van der Waals surface area contributed by atoms with Gasteiger partial charge in [-0.2, -0.15) is 0 Å². The van der Waals surface area contributed by atoms with Crippen LogP contribution in [0, 0.1) is 5.92 Å². The summed E-state index contributed by atoms with van der Waals surface area (Å²) in [6, 6.07) is 28.0. The summed E-state index contributed by atoms with van der Waals surface area (Å²) in [5.41, 5.74) is 19.4. The van der Waals surface area contributed by atoms with E-state index in [1.807, 2.05) is 0 Å². The number of hydrogen-bond acceptors (Lipinski definition) is 2. The third kappa shape index (κ3) is 3.70. The number of benzene rings is 3. The van der Waals surface area contributed by atoms with Crippen LogP contribution in [0.1, 0.15) is 33.7 Å². The van der Waals surface area contributed by atoms with E-state index in [-0.39, 0.29) is 11.8 Å². The Hall–Kier alpha value is -2.94. The normalized spacial score (nSPS) is 15.8. The first-order chi connectivity index (χ1) is 13.8. The average Bonchev–Trinajstić information content (AvgIpc) is 3.24. The van der Waals surface area contributed by atoms with Crippen molar-refractivity contribution < 1.29 is 0 Å². The van der Waals surface area contributed by atoms with Gasteiger partial charge in [-0.05, 0) is 33.4 Å². The molecule has 0 radical (unpaired) electrons. The Morgan fingerprint density at radius 3 is 1.89 bits per heavy atom. The predicted octanol–water partition coefficient (Wildman–Crippen LogP) is 5.01. The molecule has 3 aromatic carbocycles. The molecule has 0 heterocycles. The van der Waals surface area contributed by atoms with Crippen LogP contribution in [0.5, 0.6) is 0 Å². The molecule has 0 amide bonds. The van der Waals surface area contributed by atoms with Crippen LogP contribution in [0.15, 0.2) is 97.1 Å². The first-order valence-electron chi connectivity index (χ1n) is 9.82. The highest BCUT2D eigenvalue weighted by Crippen LogP contribution is 2.43. The molecule has 0 aromatic heterocycles. The maximum atomic E-state index is 5.93. The van der Waals surface area contributed by atoms with Crippen molar-refractivity contribution in [3.63, 3.8) is 0 Å². The second-order valence-corrected chi connectivity index (χ2v) is 7.27. The lowest BCUT2D eigenvalue weighted by molar-refractivity contribution is 0.705. The van der Waals surface area contributed by atoms with Crippen LogP contribution in [-0.4, -0.2) is 0 Å². The van der Waals surface area contributed by atoms with Crippen molar-refractivity contribution in [1.82, 2.24) is 0 Å². The van der Waals surface area contributed by atoms with Gasteiger partial charge < -0.3 is 11.5 Å². The Labute approximate surface area is 167 Å². The summed E-state index contributed by atoms with van der Waals surface area (Å²) in [5.74, 6) is 0.478. The highest BCUT2D eigenvalue weighted by atomic mass is 14.5. The van der Waals surface area contributed by atoms with E-state index in [2.05, 4.69) is 97.1 Å². The zero-order chi connectivity index (χ0) is 19.3. The molecule has 2 heteroatoms. The molecule has 1 aliphatic carbocycles. The minimum atomic E-state index is 0.211. The summed E-state index contributed by atoms with van der Waals surface area (Å²) in [7, 11) is 0. The van der Waals surface area contributed by atoms with Gasteiger partial charge in [-0.3, -0.25) is 0 Å². The molecule has 2 nitrogen and oxygen atoms in total.